The molecule has 0 unspecified atom stereocenters. The third kappa shape index (κ3) is 11.1. The first kappa shape index (κ1) is 27.8. The van der Waals surface area contributed by atoms with Crippen LogP contribution in [0.2, 0.25) is 10.6 Å². The number of nitrogens with one attached hydrogen (secondary N) is 2. The van der Waals surface area contributed by atoms with Gasteiger partial charge in [0.1, 0.15) is 0 Å². The van der Waals surface area contributed by atoms with Gasteiger partial charge in [0.15, 0.2) is 0 Å². The molecule has 0 fully saturated rings. The topological polar surface area (TPSA) is 76.7 Å². The molecule has 0 saturated carbocycles. The predicted octanol–water partition coefficient (Wildman–Crippen LogP) is 3.80. The summed E-state index contributed by atoms with van der Waals surface area (Å²) in [6.45, 7) is 0.834. The van der Waals surface area contributed by atoms with Crippen LogP contribution in [0, 0.1) is 0 Å². The fourth-order valence-electron chi connectivity index (χ4n) is 2.35. The average molecular weight is 622 g/mol. The molecule has 0 heterocycles. The standard InChI is InChI=1S/C20H18F6N2O4Se2/c21-19(22,23)31-15-5-1-13(2-6-15)17(29)27-9-11-33-34-12-10-28-18(30)14-3-7-16(8-4-14)32-20(24,25)26/h1-8H,9-12H2,(H,27,29)(H,28,30). The second-order valence-corrected chi connectivity index (χ2v) is 14.1. The maximum absolute atomic E-state index is 12.1. The molecule has 34 heavy (non-hydrogen) atoms. The molecule has 0 aliphatic rings. The van der Waals surface area contributed by atoms with Crippen molar-refractivity contribution in [1.29, 1.82) is 0 Å². The normalized spacial score (nSPS) is 11.6. The summed E-state index contributed by atoms with van der Waals surface area (Å²) < 4.78 is 80.3. The van der Waals surface area contributed by atoms with Gasteiger partial charge in [0, 0.05) is 0 Å². The number of amides is 2. The van der Waals surface area contributed by atoms with Crippen molar-refractivity contribution < 1.29 is 45.4 Å². The molecular weight excluding hydrogens is 604 g/mol. The number of hydrogen-bond donors (Lipinski definition) is 2. The van der Waals surface area contributed by atoms with Crippen LogP contribution in [0.1, 0.15) is 20.7 Å². The monoisotopic (exact) mass is 624 g/mol. The molecule has 2 aromatic rings. The van der Waals surface area contributed by atoms with Gasteiger partial charge >= 0.3 is 202 Å². The van der Waals surface area contributed by atoms with E-state index in [9.17, 15) is 35.9 Å². The second kappa shape index (κ2) is 12.9. The minimum absolute atomic E-state index is 0.216. The first-order chi connectivity index (χ1) is 15.9. The van der Waals surface area contributed by atoms with Crippen molar-refractivity contribution in [3.8, 4) is 11.5 Å². The summed E-state index contributed by atoms with van der Waals surface area (Å²) in [6, 6.07) is 9.22. The van der Waals surface area contributed by atoms with E-state index in [-0.39, 0.29) is 37.4 Å². The van der Waals surface area contributed by atoms with E-state index in [1.165, 1.54) is 24.3 Å². The number of ether oxygens (including phenoxy) is 2. The average Bonchev–Trinajstić information content (AvgIpc) is 2.74. The van der Waals surface area contributed by atoms with E-state index >= 15 is 0 Å². The van der Waals surface area contributed by atoms with Crippen molar-refractivity contribution in [2.75, 3.05) is 13.1 Å². The zero-order valence-corrected chi connectivity index (χ0v) is 20.6. The van der Waals surface area contributed by atoms with Gasteiger partial charge in [-0.2, -0.15) is 0 Å². The predicted molar refractivity (Wildman–Crippen MR) is 112 cm³/mol. The molecule has 2 N–H and O–H groups in total. The summed E-state index contributed by atoms with van der Waals surface area (Å²) in [6.07, 6.45) is -9.59. The second-order valence-electron chi connectivity index (χ2n) is 6.30. The van der Waals surface area contributed by atoms with E-state index in [0.717, 1.165) is 34.9 Å². The Morgan fingerprint density at radius 3 is 1.26 bits per heavy atom. The van der Waals surface area contributed by atoms with Crippen LogP contribution >= 0.6 is 0 Å². The van der Waals surface area contributed by atoms with E-state index in [1.54, 1.807) is 0 Å². The molecule has 0 atom stereocenters. The van der Waals surface area contributed by atoms with Crippen LogP contribution in [0.25, 0.3) is 0 Å². The van der Waals surface area contributed by atoms with Gasteiger partial charge in [0.2, 0.25) is 0 Å². The number of carbonyl (C=O) groups excluding carboxylic acids is 2. The quantitative estimate of drug-likeness (QED) is 0.227. The molecular formula is C20H18F6N2O4Se2. The number of hydrogen-bond acceptors (Lipinski definition) is 4. The van der Waals surface area contributed by atoms with Gasteiger partial charge in [-0.05, 0) is 0 Å². The maximum atomic E-state index is 12.1. The zero-order chi connectivity index (χ0) is 25.2. The van der Waals surface area contributed by atoms with Crippen LogP contribution < -0.4 is 20.1 Å². The van der Waals surface area contributed by atoms with Crippen molar-refractivity contribution in [3.63, 3.8) is 0 Å². The molecule has 2 aromatic carbocycles. The molecule has 2 amide bonds. The van der Waals surface area contributed by atoms with Gasteiger partial charge in [-0.1, -0.05) is 0 Å². The summed E-state index contributed by atoms with van der Waals surface area (Å²) in [7, 11) is 0. The van der Waals surface area contributed by atoms with Gasteiger partial charge in [0.05, 0.1) is 0 Å². The summed E-state index contributed by atoms with van der Waals surface area (Å²) in [5.74, 6) is -1.62. The van der Waals surface area contributed by atoms with Crippen molar-refractivity contribution >= 4 is 38.1 Å². The Morgan fingerprint density at radius 2 is 0.971 bits per heavy atom. The first-order valence-electron chi connectivity index (χ1n) is 9.45. The van der Waals surface area contributed by atoms with E-state index < -0.39 is 36.0 Å². The molecule has 0 radical (unpaired) electrons. The number of carbonyl (C=O) groups is 2. The van der Waals surface area contributed by atoms with Crippen molar-refractivity contribution in [2.45, 2.75) is 23.4 Å². The Morgan fingerprint density at radius 1 is 0.647 bits per heavy atom. The van der Waals surface area contributed by atoms with Crippen molar-refractivity contribution in [2.24, 2.45) is 0 Å². The molecule has 186 valence electrons. The zero-order valence-electron chi connectivity index (χ0n) is 17.2. The van der Waals surface area contributed by atoms with Crippen LogP contribution in [0.4, 0.5) is 26.3 Å². The van der Waals surface area contributed by atoms with Gasteiger partial charge in [-0.15, -0.1) is 0 Å². The van der Waals surface area contributed by atoms with Crippen LogP contribution in [0.15, 0.2) is 48.5 Å². The van der Waals surface area contributed by atoms with Crippen LogP contribution in [-0.4, -0.2) is 63.9 Å². The molecule has 0 saturated heterocycles. The molecule has 0 aliphatic carbocycles. The van der Waals surface area contributed by atoms with E-state index in [0.29, 0.717) is 13.1 Å². The summed E-state index contributed by atoms with van der Waals surface area (Å²) >= 11 is 0.512. The fourth-order valence-corrected chi connectivity index (χ4v) is 8.01. The fraction of sp³-hybridized carbons (Fsp3) is 0.300. The number of halogens is 6. The van der Waals surface area contributed by atoms with E-state index in [2.05, 4.69) is 20.1 Å². The van der Waals surface area contributed by atoms with Crippen molar-refractivity contribution in [1.82, 2.24) is 10.6 Å². The Balaban J connectivity index is 1.57. The van der Waals surface area contributed by atoms with Gasteiger partial charge < -0.3 is 0 Å². The Labute approximate surface area is 201 Å². The number of rotatable bonds is 11. The van der Waals surface area contributed by atoms with E-state index in [4.69, 9.17) is 0 Å². The van der Waals surface area contributed by atoms with Crippen LogP contribution in [0.5, 0.6) is 11.5 Å². The number of alkyl halides is 6. The van der Waals surface area contributed by atoms with Gasteiger partial charge in [0.25, 0.3) is 0 Å². The SMILES string of the molecule is O=C(NCC[Se][Se]CCNC(=O)c1ccc(OC(F)(F)F)cc1)c1ccc(OC(F)(F)F)cc1. The summed E-state index contributed by atoms with van der Waals surface area (Å²) in [5, 5.41) is 6.88. The van der Waals surface area contributed by atoms with Crippen LogP contribution in [0.3, 0.4) is 0 Å². The number of benzene rings is 2. The summed E-state index contributed by atoms with van der Waals surface area (Å²) in [4.78, 5) is 24.0. The molecule has 14 heteroatoms. The van der Waals surface area contributed by atoms with Gasteiger partial charge in [-0.25, -0.2) is 0 Å². The molecule has 6 nitrogen and oxygen atoms in total. The molecule has 0 aromatic heterocycles. The molecule has 0 aliphatic heterocycles. The van der Waals surface area contributed by atoms with Crippen LogP contribution in [-0.2, 0) is 0 Å². The summed E-state index contributed by atoms with van der Waals surface area (Å²) in [5.41, 5.74) is 0.432. The Hall–Kier alpha value is -2.40. The Bertz CT molecular complexity index is 861. The third-order valence-electron chi connectivity index (χ3n) is 3.73. The minimum atomic E-state index is -4.79. The Kier molecular flexibility index (Phi) is 10.6. The first-order valence-corrected chi connectivity index (χ1v) is 16.2. The molecule has 0 bridgehead atoms. The van der Waals surface area contributed by atoms with Crippen molar-refractivity contribution in [3.05, 3.63) is 59.7 Å². The molecule has 2 rings (SSSR count). The van der Waals surface area contributed by atoms with Gasteiger partial charge in [-0.3, -0.25) is 0 Å². The third-order valence-corrected chi connectivity index (χ3v) is 11.1. The molecule has 0 spiro atoms. The van der Waals surface area contributed by atoms with E-state index in [1.807, 2.05) is 0 Å².